The zero-order valence-electron chi connectivity index (χ0n) is 11.5. The van der Waals surface area contributed by atoms with E-state index in [0.29, 0.717) is 17.0 Å². The van der Waals surface area contributed by atoms with Crippen LogP contribution in [0.4, 0.5) is 5.69 Å². The molecule has 0 bridgehead atoms. The number of hydrogen-bond acceptors (Lipinski definition) is 4. The lowest BCUT2D eigenvalue weighted by Gasteiger charge is -2.15. The van der Waals surface area contributed by atoms with E-state index in [1.807, 2.05) is 19.1 Å². The van der Waals surface area contributed by atoms with Gasteiger partial charge in [-0.2, -0.15) is 0 Å². The second-order valence-corrected chi connectivity index (χ2v) is 4.43. The number of methoxy groups -OCH3 is 1. The number of nitrogens with zero attached hydrogens (tertiary/aromatic N) is 1. The van der Waals surface area contributed by atoms with Gasteiger partial charge < -0.3 is 15.8 Å². The van der Waals surface area contributed by atoms with Crippen molar-refractivity contribution >= 4 is 11.6 Å². The monoisotopic (exact) mass is 271 g/mol. The number of carbonyl (C=O) groups excluding carboxylic acids is 1. The molecule has 1 atom stereocenters. The van der Waals surface area contributed by atoms with Crippen LogP contribution in [-0.2, 0) is 0 Å². The van der Waals surface area contributed by atoms with Gasteiger partial charge >= 0.3 is 0 Å². The molecular formula is C15H17N3O2. The summed E-state index contributed by atoms with van der Waals surface area (Å²) in [6, 6.07) is 8.60. The first-order valence-corrected chi connectivity index (χ1v) is 6.26. The second-order valence-electron chi connectivity index (χ2n) is 4.43. The molecule has 0 saturated carbocycles. The van der Waals surface area contributed by atoms with E-state index in [0.717, 1.165) is 5.56 Å². The van der Waals surface area contributed by atoms with Gasteiger partial charge in [-0.05, 0) is 42.8 Å². The Morgan fingerprint density at radius 1 is 1.30 bits per heavy atom. The molecule has 1 aromatic heterocycles. The van der Waals surface area contributed by atoms with E-state index >= 15 is 0 Å². The summed E-state index contributed by atoms with van der Waals surface area (Å²) in [5, 5.41) is 2.90. The molecule has 0 aliphatic carbocycles. The molecule has 3 N–H and O–H groups in total. The van der Waals surface area contributed by atoms with E-state index in [9.17, 15) is 4.79 Å². The molecular weight excluding hydrogens is 254 g/mol. The Labute approximate surface area is 117 Å². The smallest absolute Gasteiger partial charge is 0.253 e. The first kappa shape index (κ1) is 13.9. The van der Waals surface area contributed by atoms with E-state index in [1.54, 1.807) is 37.7 Å². The van der Waals surface area contributed by atoms with Gasteiger partial charge in [0.05, 0.1) is 18.7 Å². The van der Waals surface area contributed by atoms with Crippen LogP contribution in [0.15, 0.2) is 42.7 Å². The molecule has 0 aliphatic heterocycles. The molecule has 0 unspecified atom stereocenters. The normalized spacial score (nSPS) is 11.7. The van der Waals surface area contributed by atoms with Crippen molar-refractivity contribution in [3.63, 3.8) is 0 Å². The Morgan fingerprint density at radius 2 is 2.00 bits per heavy atom. The number of benzene rings is 1. The number of carbonyl (C=O) groups is 1. The van der Waals surface area contributed by atoms with Gasteiger partial charge in [-0.15, -0.1) is 0 Å². The fraction of sp³-hybridized carbons (Fsp3) is 0.200. The summed E-state index contributed by atoms with van der Waals surface area (Å²) in [5.74, 6) is 0.367. The third-order valence-corrected chi connectivity index (χ3v) is 3.06. The highest BCUT2D eigenvalue weighted by molar-refractivity contribution is 5.99. The fourth-order valence-electron chi connectivity index (χ4n) is 1.87. The molecule has 104 valence electrons. The predicted molar refractivity (Wildman–Crippen MR) is 77.5 cm³/mol. The molecule has 5 heteroatoms. The second kappa shape index (κ2) is 6.06. The van der Waals surface area contributed by atoms with Crippen LogP contribution in [0.2, 0.25) is 0 Å². The van der Waals surface area contributed by atoms with Crippen LogP contribution in [0.1, 0.15) is 28.9 Å². The molecule has 2 aromatic rings. The Balaban J connectivity index is 2.16. The molecule has 5 nitrogen and oxygen atoms in total. The third kappa shape index (κ3) is 3.06. The number of hydrogen-bond donors (Lipinski definition) is 2. The minimum atomic E-state index is -0.231. The lowest BCUT2D eigenvalue weighted by Crippen LogP contribution is -2.27. The number of pyridine rings is 1. The highest BCUT2D eigenvalue weighted by Crippen LogP contribution is 2.20. The van der Waals surface area contributed by atoms with Crippen molar-refractivity contribution in [3.05, 3.63) is 53.9 Å². The van der Waals surface area contributed by atoms with Crippen molar-refractivity contribution in [2.75, 3.05) is 12.8 Å². The Kier molecular flexibility index (Phi) is 4.20. The summed E-state index contributed by atoms with van der Waals surface area (Å²) in [6.45, 7) is 1.91. The summed E-state index contributed by atoms with van der Waals surface area (Å²) in [4.78, 5) is 16.2. The molecule has 1 amide bonds. The van der Waals surface area contributed by atoms with Gasteiger partial charge in [-0.25, -0.2) is 0 Å². The molecule has 2 rings (SSSR count). The number of ether oxygens (including phenoxy) is 1. The third-order valence-electron chi connectivity index (χ3n) is 3.06. The van der Waals surface area contributed by atoms with Crippen LogP contribution in [0.3, 0.4) is 0 Å². The maximum Gasteiger partial charge on any atom is 0.253 e. The van der Waals surface area contributed by atoms with Crippen LogP contribution in [0.25, 0.3) is 0 Å². The summed E-state index contributed by atoms with van der Waals surface area (Å²) in [7, 11) is 1.55. The maximum absolute atomic E-state index is 12.3. The average Bonchev–Trinajstić information content (AvgIpc) is 2.48. The molecule has 1 aromatic carbocycles. The van der Waals surface area contributed by atoms with Gasteiger partial charge in [-0.1, -0.05) is 0 Å². The number of aromatic nitrogens is 1. The predicted octanol–water partition coefficient (Wildman–Crippen LogP) is 2.16. The zero-order chi connectivity index (χ0) is 14.5. The van der Waals surface area contributed by atoms with Gasteiger partial charge in [-0.3, -0.25) is 9.78 Å². The Bertz CT molecular complexity index is 599. The zero-order valence-corrected chi connectivity index (χ0v) is 11.5. The standard InChI is InChI=1S/C15H17N3O2/c1-10(11-5-7-17-8-6-11)18-15(19)13-9-12(20-2)3-4-14(13)16/h3-10H,16H2,1-2H3,(H,18,19)/t10-/m0/s1. The maximum atomic E-state index is 12.3. The number of amides is 1. The minimum absolute atomic E-state index is 0.129. The largest absolute Gasteiger partial charge is 0.497 e. The number of nitrogens with one attached hydrogen (secondary N) is 1. The van der Waals surface area contributed by atoms with Crippen LogP contribution in [0, 0.1) is 0 Å². The van der Waals surface area contributed by atoms with Crippen molar-refractivity contribution in [3.8, 4) is 5.75 Å². The van der Waals surface area contributed by atoms with Gasteiger partial charge in [0.15, 0.2) is 0 Å². The summed E-state index contributed by atoms with van der Waals surface area (Å²) in [6.07, 6.45) is 3.38. The lowest BCUT2D eigenvalue weighted by atomic mass is 10.1. The summed E-state index contributed by atoms with van der Waals surface area (Å²) in [5.41, 5.74) is 7.64. The molecule has 0 saturated heterocycles. The average molecular weight is 271 g/mol. The van der Waals surface area contributed by atoms with Crippen LogP contribution >= 0.6 is 0 Å². The van der Waals surface area contributed by atoms with E-state index in [2.05, 4.69) is 10.3 Å². The molecule has 0 aliphatic rings. The highest BCUT2D eigenvalue weighted by atomic mass is 16.5. The molecule has 0 fully saturated rings. The Hall–Kier alpha value is -2.56. The number of anilines is 1. The van der Waals surface area contributed by atoms with Crippen LogP contribution in [-0.4, -0.2) is 18.0 Å². The topological polar surface area (TPSA) is 77.2 Å². The van der Waals surface area contributed by atoms with E-state index < -0.39 is 0 Å². The summed E-state index contributed by atoms with van der Waals surface area (Å²) >= 11 is 0. The number of nitrogen functional groups attached to an aromatic ring is 1. The van der Waals surface area contributed by atoms with Crippen molar-refractivity contribution in [2.24, 2.45) is 0 Å². The number of rotatable bonds is 4. The quantitative estimate of drug-likeness (QED) is 0.835. The van der Waals surface area contributed by atoms with Crippen molar-refractivity contribution < 1.29 is 9.53 Å². The summed E-state index contributed by atoms with van der Waals surface area (Å²) < 4.78 is 5.11. The number of nitrogens with two attached hydrogens (primary N) is 1. The van der Waals surface area contributed by atoms with E-state index in [4.69, 9.17) is 10.5 Å². The van der Waals surface area contributed by atoms with Gasteiger partial charge in [0.2, 0.25) is 0 Å². The van der Waals surface area contributed by atoms with Crippen LogP contribution < -0.4 is 15.8 Å². The van der Waals surface area contributed by atoms with Crippen molar-refractivity contribution in [1.82, 2.24) is 10.3 Å². The molecule has 20 heavy (non-hydrogen) atoms. The van der Waals surface area contributed by atoms with Crippen molar-refractivity contribution in [2.45, 2.75) is 13.0 Å². The van der Waals surface area contributed by atoms with Gasteiger partial charge in [0.1, 0.15) is 5.75 Å². The van der Waals surface area contributed by atoms with Gasteiger partial charge in [0.25, 0.3) is 5.91 Å². The van der Waals surface area contributed by atoms with Gasteiger partial charge in [0, 0.05) is 18.1 Å². The van der Waals surface area contributed by atoms with Crippen LogP contribution in [0.5, 0.6) is 5.75 Å². The first-order valence-electron chi connectivity index (χ1n) is 6.26. The highest BCUT2D eigenvalue weighted by Gasteiger charge is 2.14. The first-order chi connectivity index (χ1) is 9.61. The minimum Gasteiger partial charge on any atom is -0.497 e. The molecule has 0 radical (unpaired) electrons. The fourth-order valence-corrected chi connectivity index (χ4v) is 1.87. The lowest BCUT2D eigenvalue weighted by molar-refractivity contribution is 0.0940. The van der Waals surface area contributed by atoms with E-state index in [-0.39, 0.29) is 11.9 Å². The SMILES string of the molecule is COc1ccc(N)c(C(=O)N[C@@H](C)c2ccncc2)c1. The van der Waals surface area contributed by atoms with E-state index in [1.165, 1.54) is 0 Å². The molecule has 1 heterocycles. The Morgan fingerprint density at radius 3 is 2.65 bits per heavy atom. The van der Waals surface area contributed by atoms with Crippen molar-refractivity contribution in [1.29, 1.82) is 0 Å². The molecule has 0 spiro atoms.